The third kappa shape index (κ3) is 4.67. The van der Waals surface area contributed by atoms with Crippen molar-refractivity contribution >= 4 is 34.3 Å². The van der Waals surface area contributed by atoms with Crippen LogP contribution in [0.2, 0.25) is 0 Å². The monoisotopic (exact) mass is 372 g/mol. The quantitative estimate of drug-likeness (QED) is 0.445. The molecule has 7 heteroatoms. The van der Waals surface area contributed by atoms with Gasteiger partial charge in [0.05, 0.1) is 23.2 Å². The van der Waals surface area contributed by atoms with Crippen LogP contribution in [0, 0.1) is 6.92 Å². The first kappa shape index (κ1) is 20.5. The highest BCUT2D eigenvalue weighted by molar-refractivity contribution is 5.91. The molecule has 0 aliphatic rings. The molecule has 0 aliphatic carbocycles. The smallest absolute Gasteiger partial charge is 0.157 e. The first-order valence-corrected chi connectivity index (χ1v) is 9.39. The number of rotatable bonds is 9. The predicted molar refractivity (Wildman–Crippen MR) is 117 cm³/mol. The number of ether oxygens (including phenoxy) is 1. The third-order valence-electron chi connectivity index (χ3n) is 4.56. The van der Waals surface area contributed by atoms with Gasteiger partial charge in [-0.2, -0.15) is 0 Å². The zero-order valence-corrected chi connectivity index (χ0v) is 17.2. The zero-order valence-electron chi connectivity index (χ0n) is 17.2. The Kier molecular flexibility index (Phi) is 6.98. The van der Waals surface area contributed by atoms with Crippen molar-refractivity contribution in [3.63, 3.8) is 0 Å². The van der Waals surface area contributed by atoms with E-state index in [2.05, 4.69) is 40.1 Å². The van der Waals surface area contributed by atoms with Gasteiger partial charge in [-0.05, 0) is 31.9 Å². The van der Waals surface area contributed by atoms with E-state index in [0.717, 1.165) is 41.3 Å². The average Bonchev–Trinajstić information content (AvgIpc) is 2.68. The lowest BCUT2D eigenvalue weighted by molar-refractivity contribution is 0.194. The van der Waals surface area contributed by atoms with E-state index in [1.54, 1.807) is 0 Å². The summed E-state index contributed by atoms with van der Waals surface area (Å²) in [4.78, 5) is 4.59. The van der Waals surface area contributed by atoms with Crippen molar-refractivity contribution in [3.8, 4) is 5.75 Å². The molecule has 0 saturated heterocycles. The topological polar surface area (TPSA) is 96.3 Å². The maximum absolute atomic E-state index is 6.39. The van der Waals surface area contributed by atoms with Crippen LogP contribution in [-0.4, -0.2) is 32.2 Å². The molecule has 0 unspecified atom stereocenters. The van der Waals surface area contributed by atoms with Crippen molar-refractivity contribution in [3.05, 3.63) is 23.9 Å². The number of anilines is 6. The molecular weight excluding hydrogens is 340 g/mol. The van der Waals surface area contributed by atoms with E-state index in [1.807, 2.05) is 46.3 Å². The predicted octanol–water partition coefficient (Wildman–Crippen LogP) is 4.41. The molecule has 2 aromatic rings. The molecule has 0 amide bonds. The Morgan fingerprint density at radius 2 is 1.59 bits per heavy atom. The van der Waals surface area contributed by atoms with Gasteiger partial charge in [0.15, 0.2) is 5.82 Å². The minimum absolute atomic E-state index is 0.137. The fraction of sp³-hybridized carbons (Fsp3) is 0.450. The van der Waals surface area contributed by atoms with Gasteiger partial charge in [0.1, 0.15) is 11.4 Å². The van der Waals surface area contributed by atoms with Gasteiger partial charge in [0, 0.05) is 38.6 Å². The molecule has 1 aromatic heterocycles. The molecule has 6 N–H and O–H groups in total. The highest BCUT2D eigenvalue weighted by Crippen LogP contribution is 2.39. The van der Waals surface area contributed by atoms with E-state index in [9.17, 15) is 0 Å². The summed E-state index contributed by atoms with van der Waals surface area (Å²) in [5.41, 5.74) is 11.5. The SMILES string of the molecule is CCC(CC)Oc1cc(C)nc(Nc2c(NC)cc(NC)cc2NC)c1N. The van der Waals surface area contributed by atoms with Gasteiger partial charge in [-0.15, -0.1) is 0 Å². The number of nitrogens with one attached hydrogen (secondary N) is 4. The van der Waals surface area contributed by atoms with E-state index < -0.39 is 0 Å². The molecule has 0 saturated carbocycles. The Hall–Kier alpha value is -2.83. The first-order chi connectivity index (χ1) is 13.0. The summed E-state index contributed by atoms with van der Waals surface area (Å²) >= 11 is 0. The first-order valence-electron chi connectivity index (χ1n) is 9.39. The Morgan fingerprint density at radius 1 is 1.00 bits per heavy atom. The van der Waals surface area contributed by atoms with Gasteiger partial charge >= 0.3 is 0 Å². The van der Waals surface area contributed by atoms with Crippen LogP contribution in [-0.2, 0) is 0 Å². The van der Waals surface area contributed by atoms with Gasteiger partial charge in [-0.1, -0.05) is 13.8 Å². The summed E-state index contributed by atoms with van der Waals surface area (Å²) < 4.78 is 6.11. The summed E-state index contributed by atoms with van der Waals surface area (Å²) in [6, 6.07) is 5.94. The molecule has 0 aliphatic heterocycles. The maximum Gasteiger partial charge on any atom is 0.157 e. The summed E-state index contributed by atoms with van der Waals surface area (Å²) in [6.45, 7) is 6.16. The molecule has 0 radical (unpaired) electrons. The highest BCUT2D eigenvalue weighted by atomic mass is 16.5. The second-order valence-corrected chi connectivity index (χ2v) is 6.40. The number of hydrogen-bond donors (Lipinski definition) is 5. The normalized spacial score (nSPS) is 10.6. The number of nitrogens with zero attached hydrogens (tertiary/aromatic N) is 1. The van der Waals surface area contributed by atoms with Crippen LogP contribution in [0.1, 0.15) is 32.4 Å². The van der Waals surface area contributed by atoms with Crippen LogP contribution in [0.25, 0.3) is 0 Å². The highest BCUT2D eigenvalue weighted by Gasteiger charge is 2.16. The fourth-order valence-corrected chi connectivity index (χ4v) is 2.91. The maximum atomic E-state index is 6.39. The molecule has 0 atom stereocenters. The third-order valence-corrected chi connectivity index (χ3v) is 4.56. The van der Waals surface area contributed by atoms with Crippen LogP contribution in [0.5, 0.6) is 5.75 Å². The second kappa shape index (κ2) is 9.21. The Morgan fingerprint density at radius 3 is 2.07 bits per heavy atom. The number of hydrogen-bond acceptors (Lipinski definition) is 7. The van der Waals surface area contributed by atoms with Crippen LogP contribution >= 0.6 is 0 Å². The van der Waals surface area contributed by atoms with Crippen molar-refractivity contribution in [1.29, 1.82) is 0 Å². The minimum Gasteiger partial charge on any atom is -0.488 e. The van der Waals surface area contributed by atoms with Crippen molar-refractivity contribution < 1.29 is 4.74 Å². The number of benzene rings is 1. The van der Waals surface area contributed by atoms with Gasteiger partial charge in [0.25, 0.3) is 0 Å². The Labute approximate surface area is 162 Å². The summed E-state index contributed by atoms with van der Waals surface area (Å²) in [6.07, 6.45) is 2.00. The Balaban J connectivity index is 2.47. The molecule has 1 heterocycles. The van der Waals surface area contributed by atoms with E-state index in [-0.39, 0.29) is 6.10 Å². The lowest BCUT2D eigenvalue weighted by Crippen LogP contribution is -2.16. The number of nitrogen functional groups attached to an aromatic ring is 1. The molecular formula is C20H32N6O. The molecule has 0 fully saturated rings. The van der Waals surface area contributed by atoms with Gasteiger partial charge < -0.3 is 31.7 Å². The fourth-order valence-electron chi connectivity index (χ4n) is 2.91. The van der Waals surface area contributed by atoms with E-state index >= 15 is 0 Å². The molecule has 1 aromatic carbocycles. The molecule has 2 rings (SSSR count). The van der Waals surface area contributed by atoms with Gasteiger partial charge in [-0.3, -0.25) is 0 Å². The van der Waals surface area contributed by atoms with Gasteiger partial charge in [-0.25, -0.2) is 4.98 Å². The van der Waals surface area contributed by atoms with Crippen LogP contribution in [0.15, 0.2) is 18.2 Å². The van der Waals surface area contributed by atoms with Crippen LogP contribution < -0.4 is 31.7 Å². The van der Waals surface area contributed by atoms with Crippen molar-refractivity contribution in [2.24, 2.45) is 0 Å². The molecule has 7 nitrogen and oxygen atoms in total. The minimum atomic E-state index is 0.137. The van der Waals surface area contributed by atoms with Gasteiger partial charge in [0.2, 0.25) is 0 Å². The summed E-state index contributed by atoms with van der Waals surface area (Å²) in [5, 5.41) is 13.0. The van der Waals surface area contributed by atoms with Crippen LogP contribution in [0.3, 0.4) is 0 Å². The van der Waals surface area contributed by atoms with Crippen molar-refractivity contribution in [2.75, 3.05) is 48.1 Å². The van der Waals surface area contributed by atoms with Crippen LogP contribution in [0.4, 0.5) is 34.3 Å². The molecule has 0 bridgehead atoms. The summed E-state index contributed by atoms with van der Waals surface area (Å²) in [5.74, 6) is 1.25. The number of pyridine rings is 1. The van der Waals surface area contributed by atoms with Crippen molar-refractivity contribution in [2.45, 2.75) is 39.7 Å². The van der Waals surface area contributed by atoms with E-state index in [1.165, 1.54) is 0 Å². The summed E-state index contributed by atoms with van der Waals surface area (Å²) in [7, 11) is 5.66. The number of aryl methyl sites for hydroxylation is 1. The van der Waals surface area contributed by atoms with Crippen molar-refractivity contribution in [1.82, 2.24) is 4.98 Å². The molecule has 0 spiro atoms. The zero-order chi connectivity index (χ0) is 20.0. The number of aromatic nitrogens is 1. The average molecular weight is 373 g/mol. The lowest BCUT2D eigenvalue weighted by Gasteiger charge is -2.21. The van der Waals surface area contributed by atoms with E-state index in [0.29, 0.717) is 17.3 Å². The van der Waals surface area contributed by atoms with E-state index in [4.69, 9.17) is 10.5 Å². The standard InChI is InChI=1S/C20H32N6O/c1-7-14(8-2)27-17-9-12(3)25-20(18(17)21)26-19-15(23-5)10-13(22-4)11-16(19)24-6/h9-11,14,22-24H,7-8,21H2,1-6H3,(H,25,26). The largest absolute Gasteiger partial charge is 0.488 e. The Bertz CT molecular complexity index is 748. The molecule has 148 valence electrons. The lowest BCUT2D eigenvalue weighted by atomic mass is 10.2. The second-order valence-electron chi connectivity index (χ2n) is 6.40. The number of nitrogens with two attached hydrogens (primary N) is 1. The molecule has 27 heavy (non-hydrogen) atoms.